The van der Waals surface area contributed by atoms with Gasteiger partial charge in [-0.25, -0.2) is 4.79 Å². The fourth-order valence-corrected chi connectivity index (χ4v) is 3.53. The number of amides is 1. The van der Waals surface area contributed by atoms with Crippen LogP contribution in [-0.2, 0) is 14.3 Å². The first kappa shape index (κ1) is 15.0. The number of fused-ring (bicyclic) bond motifs is 2. The van der Waals surface area contributed by atoms with Crippen LogP contribution < -0.4 is 5.32 Å². The van der Waals surface area contributed by atoms with Crippen LogP contribution in [0.3, 0.4) is 0 Å². The van der Waals surface area contributed by atoms with Crippen molar-refractivity contribution in [1.82, 2.24) is 5.32 Å². The van der Waals surface area contributed by atoms with Gasteiger partial charge in [-0.3, -0.25) is 9.59 Å². The largest absolute Gasteiger partial charge is 0.444 e. The molecular weight excluding hydrogens is 258 g/mol. The summed E-state index contributed by atoms with van der Waals surface area (Å²) in [7, 11) is 0. The first-order chi connectivity index (χ1) is 8.87. The second-order valence-corrected chi connectivity index (χ2v) is 7.65. The molecule has 2 saturated carbocycles. The summed E-state index contributed by atoms with van der Waals surface area (Å²) in [6, 6.07) is 0. The number of Topliss-reactive ketones (excluding diaryl/α,β-unsaturated/α-hetero) is 2. The minimum atomic E-state index is -1.12. The molecule has 0 aromatic heterocycles. The van der Waals surface area contributed by atoms with Gasteiger partial charge in [-0.2, -0.15) is 0 Å². The van der Waals surface area contributed by atoms with E-state index in [0.29, 0.717) is 12.8 Å². The van der Waals surface area contributed by atoms with Crippen molar-refractivity contribution in [3.63, 3.8) is 0 Å². The van der Waals surface area contributed by atoms with Gasteiger partial charge in [-0.05, 0) is 33.6 Å². The maximum atomic E-state index is 12.4. The molecule has 5 heteroatoms. The van der Waals surface area contributed by atoms with E-state index in [0.717, 1.165) is 0 Å². The molecule has 2 unspecified atom stereocenters. The van der Waals surface area contributed by atoms with Crippen molar-refractivity contribution in [2.24, 2.45) is 10.8 Å². The van der Waals surface area contributed by atoms with Gasteiger partial charge in [-0.1, -0.05) is 20.8 Å². The highest BCUT2D eigenvalue weighted by molar-refractivity contribution is 6.46. The zero-order valence-corrected chi connectivity index (χ0v) is 13.0. The Morgan fingerprint density at radius 1 is 1.10 bits per heavy atom. The molecule has 0 aromatic rings. The summed E-state index contributed by atoms with van der Waals surface area (Å²) in [6.45, 7) is 10.8. The van der Waals surface area contributed by atoms with E-state index in [2.05, 4.69) is 5.32 Å². The third kappa shape index (κ3) is 1.64. The Labute approximate surface area is 119 Å². The Kier molecular flexibility index (Phi) is 2.87. The molecule has 5 nitrogen and oxygen atoms in total. The van der Waals surface area contributed by atoms with Gasteiger partial charge in [0.25, 0.3) is 0 Å². The molecule has 2 aliphatic carbocycles. The number of ketones is 2. The highest BCUT2D eigenvalue weighted by Gasteiger charge is 2.75. The lowest BCUT2D eigenvalue weighted by molar-refractivity contribution is -0.142. The maximum Gasteiger partial charge on any atom is 0.408 e. The molecule has 1 amide bonds. The molecule has 0 aromatic carbocycles. The molecule has 0 radical (unpaired) electrons. The van der Waals surface area contributed by atoms with Crippen molar-refractivity contribution >= 4 is 17.7 Å². The van der Waals surface area contributed by atoms with Crippen molar-refractivity contribution in [2.75, 3.05) is 0 Å². The van der Waals surface area contributed by atoms with Gasteiger partial charge in [0.05, 0.1) is 0 Å². The number of hydrogen-bond donors (Lipinski definition) is 1. The Hall–Kier alpha value is -1.39. The number of rotatable bonds is 1. The lowest BCUT2D eigenvalue weighted by atomic mass is 9.68. The van der Waals surface area contributed by atoms with E-state index >= 15 is 0 Å². The summed E-state index contributed by atoms with van der Waals surface area (Å²) in [5.74, 6) is -0.855. The van der Waals surface area contributed by atoms with Crippen molar-refractivity contribution < 1.29 is 19.1 Å². The fraction of sp³-hybridized carbons (Fsp3) is 0.800. The normalized spacial score (nSPS) is 35.3. The summed E-state index contributed by atoms with van der Waals surface area (Å²) < 4.78 is 5.24. The molecule has 2 bridgehead atoms. The van der Waals surface area contributed by atoms with Crippen LogP contribution in [-0.4, -0.2) is 28.8 Å². The molecule has 0 aliphatic heterocycles. The van der Waals surface area contributed by atoms with Gasteiger partial charge in [0.15, 0.2) is 0 Å². The van der Waals surface area contributed by atoms with Crippen LogP contribution in [0, 0.1) is 10.8 Å². The lowest BCUT2D eigenvalue weighted by Gasteiger charge is -2.38. The first-order valence-electron chi connectivity index (χ1n) is 6.98. The van der Waals surface area contributed by atoms with Gasteiger partial charge in [0, 0.05) is 10.8 Å². The molecule has 1 N–H and O–H groups in total. The Morgan fingerprint density at radius 3 is 2.05 bits per heavy atom. The van der Waals surface area contributed by atoms with E-state index in [1.54, 1.807) is 20.8 Å². The number of hydrogen-bond acceptors (Lipinski definition) is 4. The first-order valence-corrected chi connectivity index (χ1v) is 6.98. The standard InChI is InChI=1S/C15H23NO4/c1-12(2,3)20-11(19)16-15-8-7-14(6,13(15,4)5)9(17)10(15)18/h7-8H2,1-6H3,(H,16,19). The highest BCUT2D eigenvalue weighted by Crippen LogP contribution is 2.64. The summed E-state index contributed by atoms with van der Waals surface area (Å²) >= 11 is 0. The molecule has 2 atom stereocenters. The molecule has 2 fully saturated rings. The average Bonchev–Trinajstić information content (AvgIpc) is 2.50. The van der Waals surface area contributed by atoms with Gasteiger partial charge >= 0.3 is 6.09 Å². The summed E-state index contributed by atoms with van der Waals surface area (Å²) in [5, 5.41) is 2.70. The van der Waals surface area contributed by atoms with Crippen LogP contribution in [0.25, 0.3) is 0 Å². The minimum absolute atomic E-state index is 0.371. The van der Waals surface area contributed by atoms with E-state index < -0.39 is 33.8 Å². The molecule has 2 rings (SSSR count). The molecular formula is C15H23NO4. The van der Waals surface area contributed by atoms with Crippen molar-refractivity contribution in [2.45, 2.75) is 65.5 Å². The monoisotopic (exact) mass is 281 g/mol. The molecule has 0 saturated heterocycles. The quantitative estimate of drug-likeness (QED) is 0.748. The van der Waals surface area contributed by atoms with Crippen molar-refractivity contribution in [3.05, 3.63) is 0 Å². The lowest BCUT2D eigenvalue weighted by Crippen LogP contribution is -2.59. The molecule has 20 heavy (non-hydrogen) atoms. The van der Waals surface area contributed by atoms with Crippen LogP contribution in [0.15, 0.2) is 0 Å². The third-order valence-corrected chi connectivity index (χ3v) is 5.26. The molecule has 0 spiro atoms. The zero-order chi connectivity index (χ0) is 15.6. The number of ether oxygens (including phenoxy) is 1. The molecule has 0 heterocycles. The van der Waals surface area contributed by atoms with E-state index in [4.69, 9.17) is 4.74 Å². The Morgan fingerprint density at radius 2 is 1.65 bits per heavy atom. The predicted octanol–water partition coefficient (Wildman–Crippen LogP) is 2.23. The predicted molar refractivity (Wildman–Crippen MR) is 73.2 cm³/mol. The average molecular weight is 281 g/mol. The Bertz CT molecular complexity index is 502. The Balaban J connectivity index is 2.33. The summed E-state index contributed by atoms with van der Waals surface area (Å²) in [5.41, 5.74) is -3.07. The SMILES string of the molecule is CC(C)(C)OC(=O)NC12CCC(C)(C(=O)C1=O)C2(C)C. The number of alkyl carbamates (subject to hydrolysis) is 1. The summed E-state index contributed by atoms with van der Waals surface area (Å²) in [6.07, 6.45) is 0.457. The van der Waals surface area contributed by atoms with Gasteiger partial charge in [0.1, 0.15) is 11.1 Å². The second-order valence-electron chi connectivity index (χ2n) is 7.65. The van der Waals surface area contributed by atoms with Crippen molar-refractivity contribution in [1.29, 1.82) is 0 Å². The molecule has 2 aliphatic rings. The smallest absolute Gasteiger partial charge is 0.408 e. The van der Waals surface area contributed by atoms with E-state index in [1.807, 2.05) is 20.8 Å². The van der Waals surface area contributed by atoms with Gasteiger partial charge < -0.3 is 10.1 Å². The third-order valence-electron chi connectivity index (χ3n) is 5.26. The second kappa shape index (κ2) is 3.83. The number of nitrogens with one attached hydrogen (secondary N) is 1. The van der Waals surface area contributed by atoms with Crippen LogP contribution in [0.4, 0.5) is 4.79 Å². The van der Waals surface area contributed by atoms with Crippen LogP contribution in [0.2, 0.25) is 0 Å². The minimum Gasteiger partial charge on any atom is -0.444 e. The maximum absolute atomic E-state index is 12.4. The van der Waals surface area contributed by atoms with Gasteiger partial charge in [0.2, 0.25) is 11.6 Å². The summed E-state index contributed by atoms with van der Waals surface area (Å²) in [4.78, 5) is 36.7. The van der Waals surface area contributed by atoms with E-state index in [9.17, 15) is 14.4 Å². The van der Waals surface area contributed by atoms with Gasteiger partial charge in [-0.15, -0.1) is 0 Å². The van der Waals surface area contributed by atoms with Crippen LogP contribution >= 0.6 is 0 Å². The topological polar surface area (TPSA) is 72.5 Å². The fourth-order valence-electron chi connectivity index (χ4n) is 3.53. The number of carbonyl (C=O) groups is 3. The van der Waals surface area contributed by atoms with Crippen LogP contribution in [0.1, 0.15) is 54.4 Å². The van der Waals surface area contributed by atoms with E-state index in [1.165, 1.54) is 0 Å². The highest BCUT2D eigenvalue weighted by atomic mass is 16.6. The number of carbonyl (C=O) groups excluding carboxylic acids is 3. The molecule has 112 valence electrons. The zero-order valence-electron chi connectivity index (χ0n) is 13.0. The van der Waals surface area contributed by atoms with Crippen LogP contribution in [0.5, 0.6) is 0 Å². The van der Waals surface area contributed by atoms with Crippen molar-refractivity contribution in [3.8, 4) is 0 Å². The van der Waals surface area contributed by atoms with E-state index in [-0.39, 0.29) is 5.78 Å².